The molecular weight excluding hydrogens is 405 g/mol. The van der Waals surface area contributed by atoms with E-state index in [4.69, 9.17) is 11.6 Å². The van der Waals surface area contributed by atoms with Gasteiger partial charge in [0.1, 0.15) is 16.4 Å². The van der Waals surface area contributed by atoms with E-state index < -0.39 is 21.7 Å². The van der Waals surface area contributed by atoms with Crippen LogP contribution in [0, 0.1) is 18.7 Å². The first-order valence-corrected chi connectivity index (χ1v) is 10.9. The molecule has 152 valence electrons. The number of benzene rings is 1. The fraction of sp³-hybridized carbons (Fsp3) is 0.421. The molecule has 1 aliphatic rings. The van der Waals surface area contributed by atoms with Crippen LogP contribution in [0.4, 0.5) is 10.1 Å². The molecule has 3 rings (SSSR count). The monoisotopic (exact) mass is 427 g/mol. The molecule has 2 heterocycles. The maximum Gasteiger partial charge on any atom is 0.272 e. The molecule has 1 aromatic carbocycles. The summed E-state index contributed by atoms with van der Waals surface area (Å²) in [6.45, 7) is 4.74. The molecule has 0 aliphatic carbocycles. The number of carbonyl (C=O) groups is 1. The number of hydrogen-bond donors (Lipinski definition) is 1. The van der Waals surface area contributed by atoms with Gasteiger partial charge >= 0.3 is 0 Å². The maximum atomic E-state index is 13.3. The van der Waals surface area contributed by atoms with Crippen LogP contribution in [0.2, 0.25) is 5.02 Å². The molecule has 1 amide bonds. The van der Waals surface area contributed by atoms with Crippen LogP contribution in [0.5, 0.6) is 0 Å². The summed E-state index contributed by atoms with van der Waals surface area (Å²) in [7, 11) is -2.04. The summed E-state index contributed by atoms with van der Waals surface area (Å²) in [4.78, 5) is 12.8. The standard InChI is InChI=1S/C19H23ClFN3O3S/c1-12-6-8-24(9-7-12)28(26,27)18-11-17(23(3)13(18)2)19(25)22-14-4-5-16(21)15(20)10-14/h4-5,10-12H,6-9H2,1-3H3,(H,22,25). The van der Waals surface area contributed by atoms with E-state index >= 15 is 0 Å². The number of aromatic nitrogens is 1. The highest BCUT2D eigenvalue weighted by Gasteiger charge is 2.32. The summed E-state index contributed by atoms with van der Waals surface area (Å²) in [6, 6.07) is 5.24. The van der Waals surface area contributed by atoms with Crippen LogP contribution in [0.15, 0.2) is 29.2 Å². The van der Waals surface area contributed by atoms with Crippen molar-refractivity contribution in [2.75, 3.05) is 18.4 Å². The molecule has 0 unspecified atom stereocenters. The van der Waals surface area contributed by atoms with Gasteiger partial charge in [0.2, 0.25) is 10.0 Å². The first-order chi connectivity index (χ1) is 13.1. The first-order valence-electron chi connectivity index (χ1n) is 9.04. The number of rotatable bonds is 4. The van der Waals surface area contributed by atoms with Crippen molar-refractivity contribution in [3.63, 3.8) is 0 Å². The summed E-state index contributed by atoms with van der Waals surface area (Å²) >= 11 is 5.74. The number of hydrogen-bond acceptors (Lipinski definition) is 3. The Hall–Kier alpha value is -1.90. The molecule has 1 aliphatic heterocycles. The van der Waals surface area contributed by atoms with Crippen molar-refractivity contribution >= 4 is 33.2 Å². The van der Waals surface area contributed by atoms with E-state index in [0.717, 1.165) is 18.9 Å². The van der Waals surface area contributed by atoms with Crippen molar-refractivity contribution in [1.82, 2.24) is 8.87 Å². The Bertz CT molecular complexity index is 1010. The number of nitrogens with zero attached hydrogens (tertiary/aromatic N) is 2. The highest BCUT2D eigenvalue weighted by Crippen LogP contribution is 2.28. The van der Waals surface area contributed by atoms with Gasteiger partial charge < -0.3 is 9.88 Å². The molecule has 6 nitrogen and oxygen atoms in total. The van der Waals surface area contributed by atoms with Gasteiger partial charge in [-0.2, -0.15) is 4.31 Å². The van der Waals surface area contributed by atoms with Crippen LogP contribution in [-0.2, 0) is 17.1 Å². The second kappa shape index (κ2) is 7.85. The van der Waals surface area contributed by atoms with Crippen LogP contribution in [0.25, 0.3) is 0 Å². The van der Waals surface area contributed by atoms with E-state index in [1.54, 1.807) is 18.5 Å². The van der Waals surface area contributed by atoms with Crippen molar-refractivity contribution in [3.05, 3.63) is 46.5 Å². The third-order valence-corrected chi connectivity index (χ3v) is 7.56. The largest absolute Gasteiger partial charge is 0.343 e. The Labute approximate surface area is 169 Å². The van der Waals surface area contributed by atoms with E-state index in [1.165, 1.54) is 22.5 Å². The van der Waals surface area contributed by atoms with Crippen molar-refractivity contribution in [2.24, 2.45) is 13.0 Å². The molecule has 0 spiro atoms. The van der Waals surface area contributed by atoms with Crippen LogP contribution in [0.1, 0.15) is 35.9 Å². The van der Waals surface area contributed by atoms with Crippen molar-refractivity contribution in [1.29, 1.82) is 0 Å². The molecule has 0 radical (unpaired) electrons. The topological polar surface area (TPSA) is 71.4 Å². The normalized spacial score (nSPS) is 16.3. The predicted molar refractivity (Wildman–Crippen MR) is 107 cm³/mol. The lowest BCUT2D eigenvalue weighted by atomic mass is 10.0. The number of anilines is 1. The summed E-state index contributed by atoms with van der Waals surface area (Å²) < 4.78 is 42.4. The minimum atomic E-state index is -3.67. The smallest absolute Gasteiger partial charge is 0.272 e. The molecule has 1 fully saturated rings. The average Bonchev–Trinajstić information content (AvgIpc) is 2.94. The number of halogens is 2. The Balaban J connectivity index is 1.88. The minimum absolute atomic E-state index is 0.108. The van der Waals surface area contributed by atoms with Gasteiger partial charge in [0.25, 0.3) is 5.91 Å². The number of nitrogens with one attached hydrogen (secondary N) is 1. The molecule has 9 heteroatoms. The minimum Gasteiger partial charge on any atom is -0.343 e. The zero-order valence-corrected chi connectivity index (χ0v) is 17.6. The van der Waals surface area contributed by atoms with Crippen LogP contribution < -0.4 is 5.32 Å². The SMILES string of the molecule is Cc1c(S(=O)(=O)N2CCC(C)CC2)cc(C(=O)Nc2ccc(F)c(Cl)c2)n1C. The van der Waals surface area contributed by atoms with E-state index in [1.807, 2.05) is 0 Å². The third-order valence-electron chi connectivity index (χ3n) is 5.26. The molecule has 1 aromatic heterocycles. The average molecular weight is 428 g/mol. The van der Waals surface area contributed by atoms with Crippen LogP contribution in [0.3, 0.4) is 0 Å². The predicted octanol–water partition coefficient (Wildman–Crippen LogP) is 3.80. The highest BCUT2D eigenvalue weighted by molar-refractivity contribution is 7.89. The van der Waals surface area contributed by atoms with Gasteiger partial charge in [-0.05, 0) is 49.9 Å². The number of piperidine rings is 1. The molecule has 1 N–H and O–H groups in total. The molecule has 1 saturated heterocycles. The molecule has 0 bridgehead atoms. The first kappa shape index (κ1) is 20.8. The summed E-state index contributed by atoms with van der Waals surface area (Å²) in [5.41, 5.74) is 1.01. The van der Waals surface area contributed by atoms with Gasteiger partial charge in [-0.25, -0.2) is 12.8 Å². The zero-order chi connectivity index (χ0) is 20.6. The van der Waals surface area contributed by atoms with E-state index in [-0.39, 0.29) is 15.6 Å². The maximum absolute atomic E-state index is 13.3. The van der Waals surface area contributed by atoms with E-state index in [0.29, 0.717) is 30.4 Å². The number of sulfonamides is 1. The Kier molecular flexibility index (Phi) is 5.84. The fourth-order valence-corrected chi connectivity index (χ4v) is 5.20. The van der Waals surface area contributed by atoms with Gasteiger partial charge in [0.15, 0.2) is 0 Å². The number of amides is 1. The Morgan fingerprint density at radius 3 is 2.50 bits per heavy atom. The Morgan fingerprint density at radius 2 is 1.89 bits per heavy atom. The van der Waals surface area contributed by atoms with Gasteiger partial charge in [0.05, 0.1) is 5.02 Å². The second-order valence-electron chi connectivity index (χ2n) is 7.21. The number of carbonyl (C=O) groups excluding carboxylic acids is 1. The zero-order valence-electron chi connectivity index (χ0n) is 16.0. The van der Waals surface area contributed by atoms with Gasteiger partial charge in [-0.3, -0.25) is 4.79 Å². The van der Waals surface area contributed by atoms with Gasteiger partial charge in [-0.1, -0.05) is 18.5 Å². The second-order valence-corrected chi connectivity index (χ2v) is 9.52. The molecule has 28 heavy (non-hydrogen) atoms. The Morgan fingerprint density at radius 1 is 1.25 bits per heavy atom. The summed E-state index contributed by atoms with van der Waals surface area (Å²) in [6.07, 6.45) is 1.65. The van der Waals surface area contributed by atoms with Crippen molar-refractivity contribution in [2.45, 2.75) is 31.6 Å². The van der Waals surface area contributed by atoms with Crippen molar-refractivity contribution in [3.8, 4) is 0 Å². The molecular formula is C19H23ClFN3O3S. The van der Waals surface area contributed by atoms with Gasteiger partial charge in [0, 0.05) is 31.5 Å². The molecule has 0 saturated carbocycles. The lowest BCUT2D eigenvalue weighted by Crippen LogP contribution is -2.38. The van der Waals surface area contributed by atoms with Crippen molar-refractivity contribution < 1.29 is 17.6 Å². The highest BCUT2D eigenvalue weighted by atomic mass is 35.5. The molecule has 0 atom stereocenters. The summed E-state index contributed by atoms with van der Waals surface area (Å²) in [5.74, 6) is -0.576. The van der Waals surface area contributed by atoms with E-state index in [9.17, 15) is 17.6 Å². The summed E-state index contributed by atoms with van der Waals surface area (Å²) in [5, 5.41) is 2.52. The third kappa shape index (κ3) is 3.94. The fourth-order valence-electron chi connectivity index (χ4n) is 3.28. The lowest BCUT2D eigenvalue weighted by Gasteiger charge is -2.29. The molecule has 2 aromatic rings. The van der Waals surface area contributed by atoms with Crippen LogP contribution in [-0.4, -0.2) is 36.3 Å². The lowest BCUT2D eigenvalue weighted by molar-refractivity contribution is 0.101. The quantitative estimate of drug-likeness (QED) is 0.806. The van der Waals surface area contributed by atoms with Gasteiger partial charge in [-0.15, -0.1) is 0 Å². The van der Waals surface area contributed by atoms with E-state index in [2.05, 4.69) is 12.2 Å². The van der Waals surface area contributed by atoms with Crippen LogP contribution >= 0.6 is 11.6 Å².